The molecule has 1 aromatic carbocycles. The number of rotatable bonds is 4. The summed E-state index contributed by atoms with van der Waals surface area (Å²) in [6.07, 6.45) is 7.73. The molecule has 19 heavy (non-hydrogen) atoms. The van der Waals surface area contributed by atoms with E-state index in [1.165, 1.54) is 38.5 Å². The number of hydrogen-bond donors (Lipinski definition) is 0. The Balaban J connectivity index is 2.02. The fourth-order valence-electron chi connectivity index (χ4n) is 2.62. The quantitative estimate of drug-likeness (QED) is 0.462. The Morgan fingerprint density at radius 2 is 1.79 bits per heavy atom. The molecule has 1 saturated carbocycles. The van der Waals surface area contributed by atoms with E-state index in [0.29, 0.717) is 10.0 Å². The molecule has 106 valence electrons. The molecule has 1 aliphatic carbocycles. The number of alkyl halides is 1. The molecule has 1 fully saturated rings. The van der Waals surface area contributed by atoms with Crippen LogP contribution < -0.4 is 4.74 Å². The van der Waals surface area contributed by atoms with Crippen molar-refractivity contribution in [3.63, 3.8) is 0 Å². The molecule has 0 atom stereocenters. The van der Waals surface area contributed by atoms with Gasteiger partial charge < -0.3 is 4.74 Å². The van der Waals surface area contributed by atoms with Gasteiger partial charge in [0.2, 0.25) is 0 Å². The summed E-state index contributed by atoms with van der Waals surface area (Å²) in [5.41, 5.74) is 0.249. The summed E-state index contributed by atoms with van der Waals surface area (Å²) >= 11 is 15.7. The molecular formula is C15H19BrCl2O. The molecule has 4 heteroatoms. The Bertz CT molecular complexity index is 415. The van der Waals surface area contributed by atoms with Crippen LogP contribution in [0.3, 0.4) is 0 Å². The van der Waals surface area contributed by atoms with Crippen LogP contribution in [-0.4, -0.2) is 11.9 Å². The second-order valence-corrected chi connectivity index (χ2v) is 6.82. The van der Waals surface area contributed by atoms with E-state index in [1.807, 2.05) is 12.1 Å². The van der Waals surface area contributed by atoms with Crippen LogP contribution in [0.25, 0.3) is 0 Å². The molecule has 0 saturated heterocycles. The number of benzene rings is 1. The molecule has 1 aromatic rings. The molecule has 2 rings (SSSR count). The molecule has 0 bridgehead atoms. The molecule has 0 aliphatic heterocycles. The second-order valence-electron chi connectivity index (χ2n) is 5.41. The van der Waals surface area contributed by atoms with Crippen molar-refractivity contribution in [3.05, 3.63) is 28.2 Å². The van der Waals surface area contributed by atoms with E-state index in [0.717, 1.165) is 17.7 Å². The zero-order valence-corrected chi connectivity index (χ0v) is 14.0. The number of halogens is 3. The van der Waals surface area contributed by atoms with Gasteiger partial charge in [-0.3, -0.25) is 0 Å². The van der Waals surface area contributed by atoms with E-state index in [1.54, 1.807) is 6.07 Å². The van der Waals surface area contributed by atoms with E-state index in [4.69, 9.17) is 27.9 Å². The highest BCUT2D eigenvalue weighted by molar-refractivity contribution is 9.09. The Hall–Kier alpha value is 0.0800. The van der Waals surface area contributed by atoms with Gasteiger partial charge in [0, 0.05) is 15.8 Å². The fraction of sp³-hybridized carbons (Fsp3) is 0.600. The lowest BCUT2D eigenvalue weighted by Crippen LogP contribution is -2.30. The molecule has 0 spiro atoms. The zero-order chi connectivity index (χ0) is 13.7. The summed E-state index contributed by atoms with van der Waals surface area (Å²) in [7, 11) is 0. The van der Waals surface area contributed by atoms with E-state index in [-0.39, 0.29) is 5.41 Å². The standard InChI is InChI=1S/C15H19BrCl2O/c16-10-15(7-3-1-2-4-8-15)11-19-14-6-5-12(17)9-13(14)18/h5-6,9H,1-4,7-8,10-11H2. The lowest BCUT2D eigenvalue weighted by molar-refractivity contribution is 0.149. The third kappa shape index (κ3) is 4.27. The van der Waals surface area contributed by atoms with E-state index in [2.05, 4.69) is 15.9 Å². The highest BCUT2D eigenvalue weighted by Crippen LogP contribution is 2.38. The second kappa shape index (κ2) is 7.19. The highest BCUT2D eigenvalue weighted by atomic mass is 79.9. The minimum absolute atomic E-state index is 0.249. The average Bonchev–Trinajstić information content (AvgIpc) is 2.64. The van der Waals surface area contributed by atoms with Crippen molar-refractivity contribution < 1.29 is 4.74 Å². The largest absolute Gasteiger partial charge is 0.491 e. The van der Waals surface area contributed by atoms with E-state index < -0.39 is 0 Å². The van der Waals surface area contributed by atoms with Crippen molar-refractivity contribution in [2.24, 2.45) is 5.41 Å². The SMILES string of the molecule is Clc1ccc(OCC2(CBr)CCCCCC2)c(Cl)c1. The predicted molar refractivity (Wildman–Crippen MR) is 85.9 cm³/mol. The third-order valence-electron chi connectivity index (χ3n) is 3.88. The van der Waals surface area contributed by atoms with Gasteiger partial charge in [-0.15, -0.1) is 0 Å². The van der Waals surface area contributed by atoms with E-state index in [9.17, 15) is 0 Å². The Morgan fingerprint density at radius 1 is 1.11 bits per heavy atom. The molecule has 0 radical (unpaired) electrons. The highest BCUT2D eigenvalue weighted by Gasteiger charge is 2.31. The van der Waals surface area contributed by atoms with Crippen LogP contribution in [0.5, 0.6) is 5.75 Å². The predicted octanol–water partition coefficient (Wildman–Crippen LogP) is 6.11. The van der Waals surface area contributed by atoms with Crippen molar-refractivity contribution in [1.82, 2.24) is 0 Å². The molecule has 1 aliphatic rings. The van der Waals surface area contributed by atoms with Crippen LogP contribution in [0.1, 0.15) is 38.5 Å². The maximum Gasteiger partial charge on any atom is 0.138 e. The molecular weight excluding hydrogens is 347 g/mol. The van der Waals surface area contributed by atoms with Gasteiger partial charge in [-0.05, 0) is 31.0 Å². The fourth-order valence-corrected chi connectivity index (χ4v) is 3.80. The van der Waals surface area contributed by atoms with Crippen LogP contribution in [0.15, 0.2) is 18.2 Å². The van der Waals surface area contributed by atoms with Gasteiger partial charge in [-0.25, -0.2) is 0 Å². The van der Waals surface area contributed by atoms with Gasteiger partial charge in [-0.2, -0.15) is 0 Å². The van der Waals surface area contributed by atoms with Crippen LogP contribution in [0, 0.1) is 5.41 Å². The first-order valence-corrected chi connectivity index (χ1v) is 8.67. The molecule has 0 heterocycles. The van der Waals surface area contributed by atoms with Gasteiger partial charge in [0.25, 0.3) is 0 Å². The number of hydrogen-bond acceptors (Lipinski definition) is 1. The normalized spacial score (nSPS) is 18.9. The van der Waals surface area contributed by atoms with Gasteiger partial charge >= 0.3 is 0 Å². The Labute approximate surface area is 133 Å². The summed E-state index contributed by atoms with van der Waals surface area (Å²) in [4.78, 5) is 0. The maximum atomic E-state index is 6.15. The summed E-state index contributed by atoms with van der Waals surface area (Å²) in [6, 6.07) is 5.40. The Kier molecular flexibility index (Phi) is 5.86. The van der Waals surface area contributed by atoms with Gasteiger partial charge in [0.1, 0.15) is 5.75 Å². The minimum atomic E-state index is 0.249. The molecule has 0 unspecified atom stereocenters. The maximum absolute atomic E-state index is 6.15. The average molecular weight is 366 g/mol. The minimum Gasteiger partial charge on any atom is -0.491 e. The lowest BCUT2D eigenvalue weighted by Gasteiger charge is -2.30. The first kappa shape index (κ1) is 15.5. The molecule has 0 amide bonds. The Morgan fingerprint density at radius 3 is 2.37 bits per heavy atom. The molecule has 0 aromatic heterocycles. The van der Waals surface area contributed by atoms with Gasteiger partial charge in [0.15, 0.2) is 0 Å². The first-order valence-electron chi connectivity index (χ1n) is 6.79. The van der Waals surface area contributed by atoms with Crippen molar-refractivity contribution in [2.45, 2.75) is 38.5 Å². The summed E-state index contributed by atoms with van der Waals surface area (Å²) < 4.78 is 5.96. The van der Waals surface area contributed by atoms with Crippen molar-refractivity contribution in [2.75, 3.05) is 11.9 Å². The smallest absolute Gasteiger partial charge is 0.138 e. The topological polar surface area (TPSA) is 9.23 Å². The van der Waals surface area contributed by atoms with Crippen LogP contribution in [0.4, 0.5) is 0 Å². The van der Waals surface area contributed by atoms with Crippen molar-refractivity contribution in [3.8, 4) is 5.75 Å². The van der Waals surface area contributed by atoms with Crippen LogP contribution in [0.2, 0.25) is 10.0 Å². The summed E-state index contributed by atoms with van der Waals surface area (Å²) in [6.45, 7) is 0.722. The molecule has 0 N–H and O–H groups in total. The molecule has 1 nitrogen and oxygen atoms in total. The van der Waals surface area contributed by atoms with Crippen LogP contribution in [-0.2, 0) is 0 Å². The summed E-state index contributed by atoms with van der Waals surface area (Å²) in [5.74, 6) is 0.732. The zero-order valence-electron chi connectivity index (χ0n) is 10.9. The van der Waals surface area contributed by atoms with Crippen molar-refractivity contribution >= 4 is 39.1 Å². The number of ether oxygens (including phenoxy) is 1. The van der Waals surface area contributed by atoms with Crippen molar-refractivity contribution in [1.29, 1.82) is 0 Å². The van der Waals surface area contributed by atoms with E-state index >= 15 is 0 Å². The van der Waals surface area contributed by atoms with Crippen LogP contribution >= 0.6 is 39.1 Å². The lowest BCUT2D eigenvalue weighted by atomic mass is 9.83. The summed E-state index contributed by atoms with van der Waals surface area (Å²) in [5, 5.41) is 2.22. The monoisotopic (exact) mass is 364 g/mol. The third-order valence-corrected chi connectivity index (χ3v) is 5.60. The van der Waals surface area contributed by atoms with Gasteiger partial charge in [0.05, 0.1) is 11.6 Å². The first-order chi connectivity index (χ1) is 9.15. The van der Waals surface area contributed by atoms with Gasteiger partial charge in [-0.1, -0.05) is 64.8 Å².